The van der Waals surface area contributed by atoms with E-state index in [4.69, 9.17) is 9.47 Å². The fourth-order valence-corrected chi connectivity index (χ4v) is 4.97. The van der Waals surface area contributed by atoms with Gasteiger partial charge < -0.3 is 24.8 Å². The van der Waals surface area contributed by atoms with E-state index in [2.05, 4.69) is 10.2 Å². The van der Waals surface area contributed by atoms with Gasteiger partial charge in [0.05, 0.1) is 24.6 Å². The van der Waals surface area contributed by atoms with Crippen molar-refractivity contribution in [3.63, 3.8) is 0 Å². The van der Waals surface area contributed by atoms with Crippen LogP contribution in [0.15, 0.2) is 72.8 Å². The first kappa shape index (κ1) is 32.8. The number of fused-ring (bicyclic) bond motifs is 1. The summed E-state index contributed by atoms with van der Waals surface area (Å²) in [5.41, 5.74) is 1.42. The quantitative estimate of drug-likeness (QED) is 0.271. The van der Waals surface area contributed by atoms with Gasteiger partial charge in [-0.05, 0) is 62.0 Å². The van der Waals surface area contributed by atoms with Crippen molar-refractivity contribution in [3.8, 4) is 17.2 Å². The van der Waals surface area contributed by atoms with Crippen LogP contribution >= 0.6 is 0 Å². The highest BCUT2D eigenvalue weighted by Crippen LogP contribution is 2.31. The summed E-state index contributed by atoms with van der Waals surface area (Å²) in [6.07, 6.45) is -6.76. The van der Waals surface area contributed by atoms with E-state index in [1.165, 1.54) is 12.1 Å². The molecule has 0 saturated heterocycles. The number of nitrogens with one attached hydrogen (secondary N) is 1. The number of hydrogen-bond donors (Lipinski definition) is 2. The molecule has 3 atom stereocenters. The second kappa shape index (κ2) is 14.6. The smallest absolute Gasteiger partial charge is 0.389 e. The second-order valence-corrected chi connectivity index (χ2v) is 11.3. The van der Waals surface area contributed by atoms with Crippen molar-refractivity contribution in [1.82, 2.24) is 9.80 Å². The summed E-state index contributed by atoms with van der Waals surface area (Å²) in [6, 6.07) is 21.3. The predicted molar refractivity (Wildman–Crippen MR) is 161 cm³/mol. The summed E-state index contributed by atoms with van der Waals surface area (Å²) in [7, 11) is 1.98. The van der Waals surface area contributed by atoms with Crippen molar-refractivity contribution in [2.45, 2.75) is 51.6 Å². The Balaban J connectivity index is 1.48. The standard InChI is InChI=1S/C33H38F3N3O5/c1-22-18-39(23(2)21-40)32(42)28-17-25(37-31(41)15-16-33(34,35)36)11-14-29(28)44-30(22)20-38(3)19-24-9-12-27(13-10-24)43-26-7-5-4-6-8-26/h4-14,17,22-23,30,40H,15-16,18-21H2,1-3H3,(H,37,41)/t22-,23-,30+/m1/s1. The van der Waals surface area contributed by atoms with Gasteiger partial charge in [-0.15, -0.1) is 0 Å². The zero-order valence-corrected chi connectivity index (χ0v) is 25.0. The molecule has 11 heteroatoms. The second-order valence-electron chi connectivity index (χ2n) is 11.3. The average Bonchev–Trinajstić information content (AvgIpc) is 2.99. The maximum absolute atomic E-state index is 13.6. The van der Waals surface area contributed by atoms with E-state index in [0.29, 0.717) is 25.4 Å². The molecule has 236 valence electrons. The average molecular weight is 614 g/mol. The fourth-order valence-electron chi connectivity index (χ4n) is 4.97. The Hall–Kier alpha value is -4.09. The van der Waals surface area contributed by atoms with Crippen molar-refractivity contribution < 1.29 is 37.3 Å². The molecule has 0 bridgehead atoms. The number of rotatable bonds is 11. The lowest BCUT2D eigenvalue weighted by molar-refractivity contribution is -0.142. The zero-order chi connectivity index (χ0) is 31.9. The van der Waals surface area contributed by atoms with E-state index in [-0.39, 0.29) is 29.9 Å². The van der Waals surface area contributed by atoms with Gasteiger partial charge in [0.2, 0.25) is 5.91 Å². The Kier molecular flexibility index (Phi) is 10.9. The van der Waals surface area contributed by atoms with E-state index in [1.807, 2.05) is 68.6 Å². The maximum Gasteiger partial charge on any atom is 0.389 e. The van der Waals surface area contributed by atoms with E-state index in [1.54, 1.807) is 17.9 Å². The van der Waals surface area contributed by atoms with Gasteiger partial charge in [-0.1, -0.05) is 37.3 Å². The molecule has 8 nitrogen and oxygen atoms in total. The summed E-state index contributed by atoms with van der Waals surface area (Å²) < 4.78 is 50.0. The minimum atomic E-state index is -4.45. The number of anilines is 1. The van der Waals surface area contributed by atoms with Crippen LogP contribution < -0.4 is 14.8 Å². The molecule has 3 aromatic carbocycles. The number of carbonyl (C=O) groups excluding carboxylic acids is 2. The van der Waals surface area contributed by atoms with Crippen LogP contribution in [0.25, 0.3) is 0 Å². The van der Waals surface area contributed by atoms with Crippen LogP contribution in [0, 0.1) is 5.92 Å². The number of likely N-dealkylation sites (N-methyl/N-ethyl adjacent to an activating group) is 1. The minimum absolute atomic E-state index is 0.105. The van der Waals surface area contributed by atoms with Crippen molar-refractivity contribution in [2.75, 3.05) is 32.1 Å². The summed E-state index contributed by atoms with van der Waals surface area (Å²) in [5, 5.41) is 12.3. The van der Waals surface area contributed by atoms with Crippen molar-refractivity contribution in [3.05, 3.63) is 83.9 Å². The largest absolute Gasteiger partial charge is 0.488 e. The molecule has 2 N–H and O–H groups in total. The number of alkyl halides is 3. The third kappa shape index (κ3) is 9.20. The highest BCUT2D eigenvalue weighted by molar-refractivity contribution is 5.99. The fraction of sp³-hybridized carbons (Fsp3) is 0.394. The van der Waals surface area contributed by atoms with Crippen LogP contribution in [0.5, 0.6) is 17.2 Å². The molecule has 0 saturated carbocycles. The number of benzene rings is 3. The maximum atomic E-state index is 13.6. The Labute approximate surface area is 255 Å². The van der Waals surface area contributed by atoms with Gasteiger partial charge in [0.1, 0.15) is 23.4 Å². The van der Waals surface area contributed by atoms with Gasteiger partial charge in [0.25, 0.3) is 5.91 Å². The normalized spacial score (nSPS) is 17.7. The number of amides is 2. The van der Waals surface area contributed by atoms with Crippen molar-refractivity contribution >= 4 is 17.5 Å². The Bertz CT molecular complexity index is 1400. The number of aliphatic hydroxyl groups is 1. The van der Waals surface area contributed by atoms with E-state index in [9.17, 15) is 27.9 Å². The zero-order valence-electron chi connectivity index (χ0n) is 25.0. The Morgan fingerprint density at radius 1 is 1.11 bits per heavy atom. The summed E-state index contributed by atoms with van der Waals surface area (Å²) in [4.78, 5) is 29.4. The van der Waals surface area contributed by atoms with Gasteiger partial charge in [0, 0.05) is 37.7 Å². The number of nitrogens with zero attached hydrogens (tertiary/aromatic N) is 2. The molecule has 1 aliphatic heterocycles. The first-order valence-corrected chi connectivity index (χ1v) is 14.5. The molecular formula is C33H38F3N3O5. The van der Waals surface area contributed by atoms with Crippen LogP contribution in [-0.4, -0.2) is 71.8 Å². The lowest BCUT2D eigenvalue weighted by atomic mass is 9.99. The molecule has 2 amide bonds. The third-order valence-corrected chi connectivity index (χ3v) is 7.43. The SMILES string of the molecule is C[C@@H]1CN([C@H](C)CO)C(=O)c2cc(NC(=O)CCC(F)(F)F)ccc2O[C@H]1CN(C)Cc1ccc(Oc2ccccc2)cc1. The van der Waals surface area contributed by atoms with E-state index in [0.717, 1.165) is 17.1 Å². The molecule has 1 heterocycles. The van der Waals surface area contributed by atoms with Crippen LogP contribution in [0.2, 0.25) is 0 Å². The number of para-hydroxylation sites is 1. The van der Waals surface area contributed by atoms with Crippen LogP contribution in [0.4, 0.5) is 18.9 Å². The Morgan fingerprint density at radius 3 is 2.45 bits per heavy atom. The lowest BCUT2D eigenvalue weighted by Crippen LogP contribution is -2.49. The molecule has 0 fully saturated rings. The van der Waals surface area contributed by atoms with E-state index >= 15 is 0 Å². The first-order chi connectivity index (χ1) is 20.9. The number of aliphatic hydroxyl groups excluding tert-OH is 1. The monoisotopic (exact) mass is 613 g/mol. The third-order valence-electron chi connectivity index (χ3n) is 7.43. The molecule has 0 unspecified atom stereocenters. The summed E-state index contributed by atoms with van der Waals surface area (Å²) in [6.45, 7) is 4.93. The molecule has 0 aromatic heterocycles. The molecule has 1 aliphatic rings. The molecule has 44 heavy (non-hydrogen) atoms. The molecule has 0 spiro atoms. The van der Waals surface area contributed by atoms with Crippen LogP contribution in [-0.2, 0) is 11.3 Å². The highest BCUT2D eigenvalue weighted by Gasteiger charge is 2.34. The number of halogens is 3. The lowest BCUT2D eigenvalue weighted by Gasteiger charge is -2.38. The Morgan fingerprint density at radius 2 is 1.80 bits per heavy atom. The number of hydrogen-bond acceptors (Lipinski definition) is 6. The van der Waals surface area contributed by atoms with Gasteiger partial charge in [-0.3, -0.25) is 14.5 Å². The summed E-state index contributed by atoms with van der Waals surface area (Å²) >= 11 is 0. The van der Waals surface area contributed by atoms with Gasteiger partial charge in [0.15, 0.2) is 0 Å². The summed E-state index contributed by atoms with van der Waals surface area (Å²) in [5.74, 6) is 0.471. The minimum Gasteiger partial charge on any atom is -0.488 e. The number of ether oxygens (including phenoxy) is 2. The number of carbonyl (C=O) groups is 2. The van der Waals surface area contributed by atoms with Gasteiger partial charge >= 0.3 is 6.18 Å². The van der Waals surface area contributed by atoms with Gasteiger partial charge in [-0.25, -0.2) is 0 Å². The molecule has 4 rings (SSSR count). The topological polar surface area (TPSA) is 91.3 Å². The van der Waals surface area contributed by atoms with Crippen molar-refractivity contribution in [1.29, 1.82) is 0 Å². The van der Waals surface area contributed by atoms with Gasteiger partial charge in [-0.2, -0.15) is 13.2 Å². The van der Waals surface area contributed by atoms with E-state index < -0.39 is 36.9 Å². The first-order valence-electron chi connectivity index (χ1n) is 14.5. The highest BCUT2D eigenvalue weighted by atomic mass is 19.4. The molecule has 0 radical (unpaired) electrons. The van der Waals surface area contributed by atoms with Crippen molar-refractivity contribution in [2.24, 2.45) is 5.92 Å². The molecular weight excluding hydrogens is 575 g/mol. The predicted octanol–water partition coefficient (Wildman–Crippen LogP) is 6.11. The molecule has 3 aromatic rings. The van der Waals surface area contributed by atoms with Crippen LogP contribution in [0.1, 0.15) is 42.6 Å². The molecule has 0 aliphatic carbocycles. The van der Waals surface area contributed by atoms with Crippen LogP contribution in [0.3, 0.4) is 0 Å².